The van der Waals surface area contributed by atoms with Crippen LogP contribution < -0.4 is 4.74 Å². The van der Waals surface area contributed by atoms with Crippen LogP contribution in [0.1, 0.15) is 42.4 Å². The molecule has 3 nitrogen and oxygen atoms in total. The second-order valence-corrected chi connectivity index (χ2v) is 7.75. The van der Waals surface area contributed by atoms with Gasteiger partial charge in [-0.15, -0.1) is 0 Å². The monoisotopic (exact) mass is 381 g/mol. The van der Waals surface area contributed by atoms with Crippen LogP contribution in [0, 0.1) is 0 Å². The largest absolute Gasteiger partial charge is 0.508 e. The highest BCUT2D eigenvalue weighted by molar-refractivity contribution is 5.82. The molecular weight excluding hydrogens is 353 g/mol. The van der Waals surface area contributed by atoms with Crippen LogP contribution in [0.25, 0.3) is 5.57 Å². The molecule has 1 saturated heterocycles. The molecule has 1 atom stereocenters. The van der Waals surface area contributed by atoms with Crippen molar-refractivity contribution in [2.45, 2.75) is 38.2 Å². The molecule has 4 heteroatoms. The zero-order chi connectivity index (χ0) is 19.3. The molecule has 148 valence electrons. The normalized spacial score (nSPS) is 19.8. The number of hydrogen-bond donors (Lipinski definition) is 1. The smallest absolute Gasteiger partial charge is 0.119 e. The number of nitrogens with zero attached hydrogens (tertiary/aromatic N) is 1. The van der Waals surface area contributed by atoms with E-state index in [4.69, 9.17) is 4.74 Å². The summed E-state index contributed by atoms with van der Waals surface area (Å²) in [5.41, 5.74) is 4.83. The molecule has 0 bridgehead atoms. The van der Waals surface area contributed by atoms with E-state index in [1.165, 1.54) is 22.3 Å². The number of likely N-dealkylation sites (tertiary alicyclic amines) is 1. The third-order valence-corrected chi connectivity index (χ3v) is 5.68. The Hall–Kier alpha value is -2.33. The van der Waals surface area contributed by atoms with E-state index in [9.17, 15) is 9.50 Å². The van der Waals surface area contributed by atoms with E-state index in [0.29, 0.717) is 12.2 Å². The Morgan fingerprint density at radius 2 is 2.00 bits per heavy atom. The van der Waals surface area contributed by atoms with Gasteiger partial charge in [0.15, 0.2) is 0 Å². The van der Waals surface area contributed by atoms with Gasteiger partial charge in [-0.05, 0) is 78.6 Å². The molecule has 0 amide bonds. The van der Waals surface area contributed by atoms with Crippen molar-refractivity contribution in [3.63, 3.8) is 0 Å². The van der Waals surface area contributed by atoms with Gasteiger partial charge in [0.1, 0.15) is 17.6 Å². The summed E-state index contributed by atoms with van der Waals surface area (Å²) in [7, 11) is 0. The lowest BCUT2D eigenvalue weighted by atomic mass is 9.93. The van der Waals surface area contributed by atoms with Crippen molar-refractivity contribution >= 4 is 5.57 Å². The number of aromatic hydroxyl groups is 1. The summed E-state index contributed by atoms with van der Waals surface area (Å²) in [6.45, 7) is 2.43. The Bertz CT molecular complexity index is 831. The number of hydrogen-bond acceptors (Lipinski definition) is 3. The van der Waals surface area contributed by atoms with Gasteiger partial charge in [-0.3, -0.25) is 9.29 Å². The highest BCUT2D eigenvalue weighted by atomic mass is 19.1. The van der Waals surface area contributed by atoms with E-state index >= 15 is 0 Å². The van der Waals surface area contributed by atoms with Crippen LogP contribution in [0.2, 0.25) is 0 Å². The van der Waals surface area contributed by atoms with Crippen LogP contribution in [0.3, 0.4) is 0 Å². The topological polar surface area (TPSA) is 32.7 Å². The molecule has 0 radical (unpaired) electrons. The SMILES string of the molecule is Oc1ccc2c(c1)CCCC=C2c1ccc(O[C@H]2CCN(CCCF)C2)cc1. The molecular formula is C24H28FNO2. The minimum Gasteiger partial charge on any atom is -0.508 e. The molecule has 0 aromatic heterocycles. The minimum atomic E-state index is -0.248. The second kappa shape index (κ2) is 8.78. The maximum Gasteiger partial charge on any atom is 0.119 e. The van der Waals surface area contributed by atoms with Crippen molar-refractivity contribution in [2.24, 2.45) is 0 Å². The van der Waals surface area contributed by atoms with E-state index in [-0.39, 0.29) is 12.8 Å². The lowest BCUT2D eigenvalue weighted by Crippen LogP contribution is -2.26. The van der Waals surface area contributed by atoms with E-state index in [1.54, 1.807) is 6.07 Å². The Balaban J connectivity index is 1.45. The van der Waals surface area contributed by atoms with Crippen LogP contribution in [-0.4, -0.2) is 42.4 Å². The molecule has 1 heterocycles. The zero-order valence-electron chi connectivity index (χ0n) is 16.2. The third-order valence-electron chi connectivity index (χ3n) is 5.68. The molecule has 2 aromatic carbocycles. The van der Waals surface area contributed by atoms with Gasteiger partial charge in [0.05, 0.1) is 6.67 Å². The molecule has 1 aliphatic heterocycles. The number of phenolic OH excluding ortho intramolecular Hbond substituents is 1. The van der Waals surface area contributed by atoms with E-state index < -0.39 is 0 Å². The van der Waals surface area contributed by atoms with Crippen molar-refractivity contribution < 1.29 is 14.2 Å². The van der Waals surface area contributed by atoms with Crippen LogP contribution in [-0.2, 0) is 6.42 Å². The van der Waals surface area contributed by atoms with Crippen molar-refractivity contribution in [1.82, 2.24) is 4.90 Å². The molecule has 2 aromatic rings. The number of aryl methyl sites for hydroxylation is 1. The molecule has 1 N–H and O–H groups in total. The van der Waals surface area contributed by atoms with E-state index in [0.717, 1.165) is 51.1 Å². The molecule has 2 aliphatic rings. The summed E-state index contributed by atoms with van der Waals surface area (Å²) in [5, 5.41) is 9.82. The lowest BCUT2D eigenvalue weighted by molar-refractivity contribution is 0.198. The summed E-state index contributed by atoms with van der Waals surface area (Å²) in [6.07, 6.45) is 7.23. The number of ether oxygens (including phenoxy) is 1. The van der Waals surface area contributed by atoms with Crippen LogP contribution in [0.4, 0.5) is 4.39 Å². The van der Waals surface area contributed by atoms with Gasteiger partial charge in [0.25, 0.3) is 0 Å². The van der Waals surface area contributed by atoms with Crippen LogP contribution >= 0.6 is 0 Å². The fourth-order valence-electron chi connectivity index (χ4n) is 4.26. The maximum absolute atomic E-state index is 12.3. The first-order chi connectivity index (χ1) is 13.7. The number of halogens is 1. The Morgan fingerprint density at radius 3 is 2.82 bits per heavy atom. The van der Waals surface area contributed by atoms with Crippen LogP contribution in [0.15, 0.2) is 48.5 Å². The van der Waals surface area contributed by atoms with Crippen molar-refractivity contribution in [1.29, 1.82) is 0 Å². The molecule has 4 rings (SSSR count). The molecule has 28 heavy (non-hydrogen) atoms. The first-order valence-corrected chi connectivity index (χ1v) is 10.3. The molecule has 1 aliphatic carbocycles. The number of phenols is 1. The summed E-state index contributed by atoms with van der Waals surface area (Å²) in [6, 6.07) is 14.0. The van der Waals surface area contributed by atoms with Gasteiger partial charge < -0.3 is 9.84 Å². The van der Waals surface area contributed by atoms with Gasteiger partial charge in [-0.2, -0.15) is 0 Å². The van der Waals surface area contributed by atoms with Gasteiger partial charge in [0.2, 0.25) is 0 Å². The standard InChI is InChI=1S/C24H28FNO2/c25-13-3-14-26-15-12-22(17-26)28-21-9-6-18(7-10-21)23-5-2-1-4-19-16-20(27)8-11-24(19)23/h5-11,16,22,27H,1-4,12-15,17H2/t22-/m0/s1. The first kappa shape index (κ1) is 19.0. The van der Waals surface area contributed by atoms with Crippen LogP contribution in [0.5, 0.6) is 11.5 Å². The predicted molar refractivity (Wildman–Crippen MR) is 111 cm³/mol. The zero-order valence-corrected chi connectivity index (χ0v) is 16.2. The third kappa shape index (κ3) is 4.39. The second-order valence-electron chi connectivity index (χ2n) is 7.75. The summed E-state index contributed by atoms with van der Waals surface area (Å²) >= 11 is 0. The molecule has 0 unspecified atom stereocenters. The van der Waals surface area contributed by atoms with Crippen molar-refractivity contribution in [2.75, 3.05) is 26.3 Å². The fourth-order valence-corrected chi connectivity index (χ4v) is 4.26. The number of alkyl halides is 1. The summed E-state index contributed by atoms with van der Waals surface area (Å²) in [5.74, 6) is 1.22. The predicted octanol–water partition coefficient (Wildman–Crippen LogP) is 4.97. The van der Waals surface area contributed by atoms with Crippen molar-refractivity contribution in [3.8, 4) is 11.5 Å². The Kier molecular flexibility index (Phi) is 5.96. The highest BCUT2D eigenvalue weighted by Crippen LogP contribution is 2.33. The fraction of sp³-hybridized carbons (Fsp3) is 0.417. The summed E-state index contributed by atoms with van der Waals surface area (Å²) in [4.78, 5) is 2.28. The maximum atomic E-state index is 12.3. The van der Waals surface area contributed by atoms with Gasteiger partial charge in [0, 0.05) is 19.6 Å². The lowest BCUT2D eigenvalue weighted by Gasteiger charge is -2.17. The highest BCUT2D eigenvalue weighted by Gasteiger charge is 2.23. The number of benzene rings is 2. The minimum absolute atomic E-state index is 0.186. The number of allylic oxidation sites excluding steroid dienone is 1. The first-order valence-electron chi connectivity index (χ1n) is 10.3. The van der Waals surface area contributed by atoms with Gasteiger partial charge in [-0.25, -0.2) is 0 Å². The Labute approximate surface area is 166 Å². The van der Waals surface area contributed by atoms with E-state index in [2.05, 4.69) is 23.1 Å². The number of rotatable bonds is 6. The molecule has 0 saturated carbocycles. The van der Waals surface area contributed by atoms with Gasteiger partial charge in [-0.1, -0.05) is 24.3 Å². The average Bonchev–Trinajstić information content (AvgIpc) is 3.04. The van der Waals surface area contributed by atoms with E-state index in [1.807, 2.05) is 24.3 Å². The van der Waals surface area contributed by atoms with Gasteiger partial charge >= 0.3 is 0 Å². The average molecular weight is 381 g/mol. The Morgan fingerprint density at radius 1 is 1.14 bits per heavy atom. The molecule has 0 spiro atoms. The summed E-state index contributed by atoms with van der Waals surface area (Å²) < 4.78 is 18.5. The van der Waals surface area contributed by atoms with Crippen molar-refractivity contribution in [3.05, 3.63) is 65.2 Å². The number of fused-ring (bicyclic) bond motifs is 1. The molecule has 1 fully saturated rings. The quantitative estimate of drug-likeness (QED) is 0.767.